The molecule has 0 spiro atoms. The van der Waals surface area contributed by atoms with Crippen molar-refractivity contribution in [2.24, 2.45) is 0 Å². The van der Waals surface area contributed by atoms with Crippen molar-refractivity contribution in [1.29, 1.82) is 0 Å². The van der Waals surface area contributed by atoms with Gasteiger partial charge in [0.2, 0.25) is 0 Å². The molecule has 4 nitrogen and oxygen atoms in total. The summed E-state index contributed by atoms with van der Waals surface area (Å²) in [5.74, 6) is 2.34. The molecule has 1 aromatic heterocycles. The van der Waals surface area contributed by atoms with Gasteiger partial charge >= 0.3 is 0 Å². The maximum Gasteiger partial charge on any atom is 0.137 e. The van der Waals surface area contributed by atoms with Crippen LogP contribution < -0.4 is 5.32 Å². The Morgan fingerprint density at radius 2 is 1.89 bits per heavy atom. The molecule has 1 saturated carbocycles. The van der Waals surface area contributed by atoms with Crippen molar-refractivity contribution in [3.63, 3.8) is 0 Å². The molecule has 1 aliphatic carbocycles. The van der Waals surface area contributed by atoms with E-state index in [2.05, 4.69) is 15.3 Å². The molecule has 0 amide bonds. The lowest BCUT2D eigenvalue weighted by Gasteiger charge is -2.24. The van der Waals surface area contributed by atoms with E-state index in [4.69, 9.17) is 16.3 Å². The van der Waals surface area contributed by atoms with Crippen molar-refractivity contribution in [3.8, 4) is 0 Å². The number of nitrogens with one attached hydrogen (secondary N) is 1. The van der Waals surface area contributed by atoms with E-state index >= 15 is 0 Å². The van der Waals surface area contributed by atoms with Crippen LogP contribution in [0.1, 0.15) is 43.0 Å². The van der Waals surface area contributed by atoms with Gasteiger partial charge < -0.3 is 10.1 Å². The van der Waals surface area contributed by atoms with E-state index < -0.39 is 0 Å². The van der Waals surface area contributed by atoms with Crippen LogP contribution in [0, 0.1) is 6.92 Å². The summed E-state index contributed by atoms with van der Waals surface area (Å²) < 4.78 is 5.36. The molecule has 18 heavy (non-hydrogen) atoms. The first kappa shape index (κ1) is 12.2. The van der Waals surface area contributed by atoms with Crippen LogP contribution in [0.25, 0.3) is 0 Å². The third-order valence-corrected chi connectivity index (χ3v) is 3.98. The molecule has 1 saturated heterocycles. The molecular formula is C13H18ClN3O. The standard InChI is InChI=1S/C13H18ClN3O/c1-8-11(14)16-13(9-2-3-9)17-12(8)15-10-4-6-18-7-5-10/h9-10H,2-7H2,1H3,(H,15,16,17). The summed E-state index contributed by atoms with van der Waals surface area (Å²) in [6.07, 6.45) is 4.44. The Hall–Kier alpha value is -0.870. The van der Waals surface area contributed by atoms with Crippen molar-refractivity contribution < 1.29 is 4.74 Å². The maximum atomic E-state index is 6.19. The van der Waals surface area contributed by atoms with E-state index in [9.17, 15) is 0 Å². The molecule has 0 aromatic carbocycles. The summed E-state index contributed by atoms with van der Waals surface area (Å²) in [5, 5.41) is 4.08. The van der Waals surface area contributed by atoms with Gasteiger partial charge in [0, 0.05) is 30.7 Å². The minimum Gasteiger partial charge on any atom is -0.381 e. The molecule has 2 aliphatic rings. The molecule has 1 aromatic rings. The normalized spacial score (nSPS) is 21.0. The van der Waals surface area contributed by atoms with Crippen molar-refractivity contribution in [2.75, 3.05) is 18.5 Å². The first-order valence-electron chi connectivity index (χ1n) is 6.62. The Balaban J connectivity index is 1.80. The average Bonchev–Trinajstić information content (AvgIpc) is 3.20. The monoisotopic (exact) mass is 267 g/mol. The number of ether oxygens (including phenoxy) is 1. The molecule has 3 rings (SSSR count). The SMILES string of the molecule is Cc1c(Cl)nc(C2CC2)nc1NC1CCOCC1. The summed E-state index contributed by atoms with van der Waals surface area (Å²) in [4.78, 5) is 9.02. The molecule has 2 fully saturated rings. The highest BCUT2D eigenvalue weighted by molar-refractivity contribution is 6.30. The minimum absolute atomic E-state index is 0.440. The highest BCUT2D eigenvalue weighted by Gasteiger charge is 2.28. The fourth-order valence-corrected chi connectivity index (χ4v) is 2.38. The maximum absolute atomic E-state index is 6.19. The fourth-order valence-electron chi connectivity index (χ4n) is 2.21. The van der Waals surface area contributed by atoms with Crippen molar-refractivity contribution in [2.45, 2.75) is 44.6 Å². The van der Waals surface area contributed by atoms with E-state index in [0.717, 1.165) is 43.3 Å². The first-order chi connectivity index (χ1) is 8.74. The Labute approximate surface area is 112 Å². The Kier molecular flexibility index (Phi) is 3.39. The van der Waals surface area contributed by atoms with Gasteiger partial charge in [-0.05, 0) is 32.6 Å². The lowest BCUT2D eigenvalue weighted by atomic mass is 10.1. The minimum atomic E-state index is 0.440. The first-order valence-corrected chi connectivity index (χ1v) is 7.00. The zero-order valence-corrected chi connectivity index (χ0v) is 11.3. The van der Waals surface area contributed by atoms with Crippen LogP contribution in [0.2, 0.25) is 5.15 Å². The zero-order chi connectivity index (χ0) is 12.5. The largest absolute Gasteiger partial charge is 0.381 e. The Morgan fingerprint density at radius 1 is 1.17 bits per heavy atom. The number of nitrogens with zero attached hydrogens (tertiary/aromatic N) is 2. The Morgan fingerprint density at radius 3 is 2.56 bits per heavy atom. The summed E-state index contributed by atoms with van der Waals surface area (Å²) in [6.45, 7) is 3.62. The van der Waals surface area contributed by atoms with Crippen molar-refractivity contribution >= 4 is 17.4 Å². The molecular weight excluding hydrogens is 250 g/mol. The van der Waals surface area contributed by atoms with E-state index in [-0.39, 0.29) is 0 Å². The number of anilines is 1. The van der Waals surface area contributed by atoms with Gasteiger partial charge in [-0.2, -0.15) is 0 Å². The van der Waals surface area contributed by atoms with Gasteiger partial charge in [0.05, 0.1) is 0 Å². The number of rotatable bonds is 3. The lowest BCUT2D eigenvalue weighted by Crippen LogP contribution is -2.28. The zero-order valence-electron chi connectivity index (χ0n) is 10.6. The average molecular weight is 268 g/mol. The van der Waals surface area contributed by atoms with Crippen LogP contribution in [0.4, 0.5) is 5.82 Å². The molecule has 98 valence electrons. The van der Waals surface area contributed by atoms with Crippen LogP contribution in [0.15, 0.2) is 0 Å². The highest BCUT2D eigenvalue weighted by Crippen LogP contribution is 2.39. The van der Waals surface area contributed by atoms with Gasteiger partial charge in [-0.3, -0.25) is 0 Å². The number of hydrogen-bond donors (Lipinski definition) is 1. The molecule has 0 unspecified atom stereocenters. The van der Waals surface area contributed by atoms with E-state index in [1.165, 1.54) is 12.8 Å². The van der Waals surface area contributed by atoms with Crippen LogP contribution in [-0.2, 0) is 4.74 Å². The van der Waals surface area contributed by atoms with E-state index in [1.54, 1.807) is 0 Å². The second-order valence-electron chi connectivity index (χ2n) is 5.15. The third-order valence-electron chi connectivity index (χ3n) is 3.61. The van der Waals surface area contributed by atoms with Gasteiger partial charge in [0.1, 0.15) is 16.8 Å². The summed E-state index contributed by atoms with van der Waals surface area (Å²) in [7, 11) is 0. The predicted molar refractivity (Wildman–Crippen MR) is 71.2 cm³/mol. The summed E-state index contributed by atoms with van der Waals surface area (Å²) >= 11 is 6.19. The molecule has 1 N–H and O–H groups in total. The quantitative estimate of drug-likeness (QED) is 0.856. The smallest absolute Gasteiger partial charge is 0.137 e. The molecule has 5 heteroatoms. The lowest BCUT2D eigenvalue weighted by molar-refractivity contribution is 0.0903. The second kappa shape index (κ2) is 5.02. The van der Waals surface area contributed by atoms with Crippen LogP contribution >= 0.6 is 11.6 Å². The second-order valence-corrected chi connectivity index (χ2v) is 5.51. The highest BCUT2D eigenvalue weighted by atomic mass is 35.5. The number of hydrogen-bond acceptors (Lipinski definition) is 4. The van der Waals surface area contributed by atoms with E-state index in [1.807, 2.05) is 6.92 Å². The molecule has 1 aliphatic heterocycles. The third kappa shape index (κ3) is 2.59. The van der Waals surface area contributed by atoms with E-state index in [0.29, 0.717) is 17.1 Å². The van der Waals surface area contributed by atoms with Gasteiger partial charge in [0.25, 0.3) is 0 Å². The van der Waals surface area contributed by atoms with Crippen LogP contribution in [-0.4, -0.2) is 29.2 Å². The van der Waals surface area contributed by atoms with Gasteiger partial charge in [-0.25, -0.2) is 9.97 Å². The van der Waals surface area contributed by atoms with Crippen molar-refractivity contribution in [1.82, 2.24) is 9.97 Å². The molecule has 0 radical (unpaired) electrons. The summed E-state index contributed by atoms with van der Waals surface area (Å²) in [6, 6.07) is 0.440. The van der Waals surface area contributed by atoms with Gasteiger partial charge in [-0.15, -0.1) is 0 Å². The van der Waals surface area contributed by atoms with Gasteiger partial charge in [-0.1, -0.05) is 11.6 Å². The topological polar surface area (TPSA) is 47.0 Å². The molecule has 0 atom stereocenters. The fraction of sp³-hybridized carbons (Fsp3) is 0.692. The van der Waals surface area contributed by atoms with Gasteiger partial charge in [0.15, 0.2) is 0 Å². The predicted octanol–water partition coefficient (Wildman–Crippen LogP) is 2.91. The molecule has 2 heterocycles. The van der Waals surface area contributed by atoms with Crippen LogP contribution in [0.5, 0.6) is 0 Å². The van der Waals surface area contributed by atoms with Crippen LogP contribution in [0.3, 0.4) is 0 Å². The number of halogens is 1. The summed E-state index contributed by atoms with van der Waals surface area (Å²) in [5.41, 5.74) is 0.951. The van der Waals surface area contributed by atoms with Crippen molar-refractivity contribution in [3.05, 3.63) is 16.5 Å². The number of aromatic nitrogens is 2. The molecule has 0 bridgehead atoms. The Bertz CT molecular complexity index is 442.